The van der Waals surface area contributed by atoms with Crippen LogP contribution < -0.4 is 5.43 Å². The fraction of sp³-hybridized carbons (Fsp3) is 0.200. The summed E-state index contributed by atoms with van der Waals surface area (Å²) < 4.78 is 0. The van der Waals surface area contributed by atoms with Gasteiger partial charge in [0.1, 0.15) is 5.56 Å². The molecule has 0 radical (unpaired) electrons. The lowest BCUT2D eigenvalue weighted by molar-refractivity contribution is 0.0628. The fourth-order valence-electron chi connectivity index (χ4n) is 4.09. The minimum absolute atomic E-state index is 0.198. The third-order valence-corrected chi connectivity index (χ3v) is 7.18. The second-order valence-electron chi connectivity index (χ2n) is 7.92. The summed E-state index contributed by atoms with van der Waals surface area (Å²) in [5, 5.41) is 1.29. The van der Waals surface area contributed by atoms with Gasteiger partial charge in [-0.3, -0.25) is 14.5 Å². The second kappa shape index (κ2) is 8.90. The Hall–Kier alpha value is -2.93. The predicted octanol–water partition coefficient (Wildman–Crippen LogP) is 4.87. The monoisotopic (exact) mass is 463 g/mol. The summed E-state index contributed by atoms with van der Waals surface area (Å²) in [5.74, 6) is -0.198. The standard InChI is InChI=1S/C25H22ClN3O2S/c26-18-5-3-4-17(14-18)23-9-8-19(32-23)16-28-10-12-29(13-11-28)25(31)21-15-27-22-7-2-1-6-20(22)24(21)30/h1-9,14-15H,10-13,16H2,(H,27,30). The summed E-state index contributed by atoms with van der Waals surface area (Å²) >= 11 is 7.89. The van der Waals surface area contributed by atoms with E-state index in [-0.39, 0.29) is 16.9 Å². The molecule has 32 heavy (non-hydrogen) atoms. The predicted molar refractivity (Wildman–Crippen MR) is 131 cm³/mol. The number of rotatable bonds is 4. The molecule has 4 aromatic rings. The van der Waals surface area contributed by atoms with Crippen LogP contribution in [0.3, 0.4) is 0 Å². The zero-order valence-electron chi connectivity index (χ0n) is 17.4. The molecule has 1 amide bonds. The number of nitrogens with zero attached hydrogens (tertiary/aromatic N) is 2. The smallest absolute Gasteiger partial charge is 0.259 e. The van der Waals surface area contributed by atoms with Gasteiger partial charge in [0.05, 0.1) is 0 Å². The van der Waals surface area contributed by atoms with Crippen molar-refractivity contribution in [1.29, 1.82) is 0 Å². The van der Waals surface area contributed by atoms with Crippen LogP contribution in [-0.4, -0.2) is 46.9 Å². The molecule has 1 aliphatic rings. The first kappa shape index (κ1) is 20.9. The van der Waals surface area contributed by atoms with Crippen LogP contribution in [0.1, 0.15) is 15.2 Å². The average Bonchev–Trinajstić information content (AvgIpc) is 3.28. The molecule has 2 aromatic carbocycles. The van der Waals surface area contributed by atoms with Crippen molar-refractivity contribution in [3.8, 4) is 10.4 Å². The molecule has 3 heterocycles. The third-order valence-electron chi connectivity index (χ3n) is 5.83. The number of hydrogen-bond donors (Lipinski definition) is 1. The number of aromatic nitrogens is 1. The number of fused-ring (bicyclic) bond motifs is 1. The molecular weight excluding hydrogens is 442 g/mol. The number of H-pyrrole nitrogens is 1. The number of benzene rings is 2. The maximum atomic E-state index is 13.0. The molecule has 0 bridgehead atoms. The van der Waals surface area contributed by atoms with Crippen molar-refractivity contribution in [2.45, 2.75) is 6.54 Å². The quantitative estimate of drug-likeness (QED) is 0.470. The van der Waals surface area contributed by atoms with Crippen molar-refractivity contribution < 1.29 is 4.79 Å². The van der Waals surface area contributed by atoms with Crippen molar-refractivity contribution in [3.05, 3.63) is 92.5 Å². The highest BCUT2D eigenvalue weighted by Gasteiger charge is 2.24. The fourth-order valence-corrected chi connectivity index (χ4v) is 5.32. The van der Waals surface area contributed by atoms with E-state index in [9.17, 15) is 9.59 Å². The second-order valence-corrected chi connectivity index (χ2v) is 9.53. The molecule has 0 saturated carbocycles. The van der Waals surface area contributed by atoms with Gasteiger partial charge in [0.2, 0.25) is 5.43 Å². The molecule has 0 aliphatic carbocycles. The highest BCUT2D eigenvalue weighted by atomic mass is 35.5. The van der Waals surface area contributed by atoms with Crippen molar-refractivity contribution in [2.24, 2.45) is 0 Å². The number of halogens is 1. The minimum atomic E-state index is -0.209. The van der Waals surface area contributed by atoms with Gasteiger partial charge in [-0.2, -0.15) is 0 Å². The van der Waals surface area contributed by atoms with Gasteiger partial charge in [0.25, 0.3) is 5.91 Å². The van der Waals surface area contributed by atoms with Gasteiger partial charge in [-0.1, -0.05) is 35.9 Å². The van der Waals surface area contributed by atoms with E-state index in [4.69, 9.17) is 11.6 Å². The average molecular weight is 464 g/mol. The van der Waals surface area contributed by atoms with E-state index >= 15 is 0 Å². The largest absolute Gasteiger partial charge is 0.360 e. The Labute approximate surface area is 194 Å². The Balaban J connectivity index is 1.23. The van der Waals surface area contributed by atoms with Crippen LogP contribution in [0.15, 0.2) is 71.7 Å². The number of amides is 1. The Morgan fingerprint density at radius 1 is 1.00 bits per heavy atom. The van der Waals surface area contributed by atoms with E-state index in [2.05, 4.69) is 28.1 Å². The summed E-state index contributed by atoms with van der Waals surface area (Å²) in [6.45, 7) is 3.63. The zero-order chi connectivity index (χ0) is 22.1. The highest BCUT2D eigenvalue weighted by Crippen LogP contribution is 2.30. The van der Waals surface area contributed by atoms with Crippen LogP contribution in [0.2, 0.25) is 5.02 Å². The van der Waals surface area contributed by atoms with Crippen LogP contribution in [0, 0.1) is 0 Å². The number of carbonyl (C=O) groups excluding carboxylic acids is 1. The van der Waals surface area contributed by atoms with Crippen LogP contribution in [0.5, 0.6) is 0 Å². The van der Waals surface area contributed by atoms with Gasteiger partial charge in [0.15, 0.2) is 0 Å². The number of piperazine rings is 1. The number of para-hydroxylation sites is 1. The summed E-state index contributed by atoms with van der Waals surface area (Å²) in [5.41, 5.74) is 1.87. The molecule has 5 rings (SSSR count). The number of nitrogens with one attached hydrogen (secondary N) is 1. The topological polar surface area (TPSA) is 56.4 Å². The summed E-state index contributed by atoms with van der Waals surface area (Å²) in [7, 11) is 0. The molecule has 1 saturated heterocycles. The molecule has 1 N–H and O–H groups in total. The molecule has 162 valence electrons. The van der Waals surface area contributed by atoms with Crippen molar-refractivity contribution in [2.75, 3.05) is 26.2 Å². The van der Waals surface area contributed by atoms with E-state index in [1.54, 1.807) is 28.5 Å². The molecule has 5 nitrogen and oxygen atoms in total. The Morgan fingerprint density at radius 2 is 1.81 bits per heavy atom. The van der Waals surface area contributed by atoms with Gasteiger partial charge in [-0.15, -0.1) is 11.3 Å². The van der Waals surface area contributed by atoms with Crippen molar-refractivity contribution in [1.82, 2.24) is 14.8 Å². The maximum absolute atomic E-state index is 13.0. The summed E-state index contributed by atoms with van der Waals surface area (Å²) in [6, 6.07) is 19.5. The van der Waals surface area contributed by atoms with E-state index in [1.165, 1.54) is 9.75 Å². The minimum Gasteiger partial charge on any atom is -0.360 e. The first-order chi connectivity index (χ1) is 15.6. The highest BCUT2D eigenvalue weighted by molar-refractivity contribution is 7.15. The lowest BCUT2D eigenvalue weighted by atomic mass is 10.1. The first-order valence-electron chi connectivity index (χ1n) is 10.6. The van der Waals surface area contributed by atoms with Crippen LogP contribution in [0.25, 0.3) is 21.3 Å². The van der Waals surface area contributed by atoms with E-state index in [1.807, 2.05) is 36.4 Å². The number of carbonyl (C=O) groups is 1. The number of aromatic amines is 1. The lowest BCUT2D eigenvalue weighted by Crippen LogP contribution is -2.49. The summed E-state index contributed by atoms with van der Waals surface area (Å²) in [4.78, 5) is 35.5. The van der Waals surface area contributed by atoms with E-state index in [0.29, 0.717) is 18.5 Å². The molecule has 2 aromatic heterocycles. The van der Waals surface area contributed by atoms with E-state index < -0.39 is 0 Å². The first-order valence-corrected chi connectivity index (χ1v) is 11.7. The van der Waals surface area contributed by atoms with Crippen LogP contribution >= 0.6 is 22.9 Å². The summed E-state index contributed by atoms with van der Waals surface area (Å²) in [6.07, 6.45) is 1.54. The molecule has 7 heteroatoms. The van der Waals surface area contributed by atoms with Gasteiger partial charge >= 0.3 is 0 Å². The van der Waals surface area contributed by atoms with Gasteiger partial charge in [-0.25, -0.2) is 0 Å². The SMILES string of the molecule is O=C(c1c[nH]c2ccccc2c1=O)N1CCN(Cc2ccc(-c3cccc(Cl)c3)s2)CC1. The number of pyridine rings is 1. The third kappa shape index (κ3) is 4.21. The molecule has 0 unspecified atom stereocenters. The maximum Gasteiger partial charge on any atom is 0.259 e. The Morgan fingerprint density at radius 3 is 2.62 bits per heavy atom. The van der Waals surface area contributed by atoms with Crippen LogP contribution in [0.4, 0.5) is 0 Å². The van der Waals surface area contributed by atoms with Crippen LogP contribution in [-0.2, 0) is 6.54 Å². The zero-order valence-corrected chi connectivity index (χ0v) is 19.0. The van der Waals surface area contributed by atoms with Crippen molar-refractivity contribution in [3.63, 3.8) is 0 Å². The van der Waals surface area contributed by atoms with Crippen molar-refractivity contribution >= 4 is 39.7 Å². The van der Waals surface area contributed by atoms with Gasteiger partial charge in [-0.05, 0) is 42.0 Å². The van der Waals surface area contributed by atoms with Gasteiger partial charge in [0, 0.05) is 64.6 Å². The molecular formula is C25H22ClN3O2S. The number of hydrogen-bond acceptors (Lipinski definition) is 4. The Kier molecular flexibility index (Phi) is 5.83. The molecule has 1 fully saturated rings. The number of thiophene rings is 1. The molecule has 0 spiro atoms. The molecule has 1 aliphatic heterocycles. The molecule has 0 atom stereocenters. The normalized spacial score (nSPS) is 14.7. The Bertz CT molecular complexity index is 1340. The lowest BCUT2D eigenvalue weighted by Gasteiger charge is -2.34. The van der Waals surface area contributed by atoms with E-state index in [0.717, 1.165) is 35.7 Å². The van der Waals surface area contributed by atoms with Gasteiger partial charge < -0.3 is 9.88 Å².